The van der Waals surface area contributed by atoms with Gasteiger partial charge >= 0.3 is 0 Å². The van der Waals surface area contributed by atoms with E-state index in [0.29, 0.717) is 6.04 Å². The molecule has 0 aliphatic heterocycles. The average molecular weight is 204 g/mol. The molecule has 0 radical (unpaired) electrons. The van der Waals surface area contributed by atoms with E-state index >= 15 is 0 Å². The summed E-state index contributed by atoms with van der Waals surface area (Å²) < 4.78 is 0. The summed E-state index contributed by atoms with van der Waals surface area (Å²) >= 11 is 0. The number of rotatable bonds is 2. The van der Waals surface area contributed by atoms with Crippen molar-refractivity contribution in [2.75, 3.05) is 11.1 Å². The van der Waals surface area contributed by atoms with Crippen LogP contribution in [0, 0.1) is 5.92 Å². The Morgan fingerprint density at radius 2 is 1.80 bits per heavy atom. The van der Waals surface area contributed by atoms with Crippen molar-refractivity contribution in [2.45, 2.75) is 38.6 Å². The lowest BCUT2D eigenvalue weighted by Crippen LogP contribution is -2.30. The maximum absolute atomic E-state index is 5.66. The molecule has 2 nitrogen and oxygen atoms in total. The fourth-order valence-corrected chi connectivity index (χ4v) is 2.32. The van der Waals surface area contributed by atoms with E-state index in [-0.39, 0.29) is 0 Å². The first-order valence-corrected chi connectivity index (χ1v) is 5.88. The van der Waals surface area contributed by atoms with Crippen molar-refractivity contribution in [1.29, 1.82) is 0 Å². The molecule has 1 fully saturated rings. The van der Waals surface area contributed by atoms with E-state index in [4.69, 9.17) is 5.73 Å². The molecule has 0 aromatic heterocycles. The van der Waals surface area contributed by atoms with Crippen LogP contribution >= 0.6 is 0 Å². The summed E-state index contributed by atoms with van der Waals surface area (Å²) in [5.41, 5.74) is 7.69. The summed E-state index contributed by atoms with van der Waals surface area (Å²) in [7, 11) is 0. The molecule has 0 amide bonds. The first-order chi connectivity index (χ1) is 7.25. The Labute approximate surface area is 91.9 Å². The van der Waals surface area contributed by atoms with E-state index < -0.39 is 0 Å². The number of nitrogens with one attached hydrogen (secondary N) is 1. The number of anilines is 2. The molecule has 1 aromatic carbocycles. The lowest BCUT2D eigenvalue weighted by Gasteiger charge is -2.30. The Balaban J connectivity index is 1.98. The second-order valence-electron chi connectivity index (χ2n) is 4.63. The Hall–Kier alpha value is -1.18. The molecule has 0 bridgehead atoms. The predicted molar refractivity (Wildman–Crippen MR) is 65.9 cm³/mol. The molecule has 3 N–H and O–H groups in total. The second-order valence-corrected chi connectivity index (χ2v) is 4.63. The van der Waals surface area contributed by atoms with Crippen molar-refractivity contribution in [3.63, 3.8) is 0 Å². The quantitative estimate of drug-likeness (QED) is 0.726. The highest BCUT2D eigenvalue weighted by Gasteiger charge is 2.20. The van der Waals surface area contributed by atoms with Gasteiger partial charge in [0, 0.05) is 17.4 Å². The predicted octanol–water partition coefficient (Wildman–Crippen LogP) is 3.26. The molecule has 2 atom stereocenters. The monoisotopic (exact) mass is 204 g/mol. The van der Waals surface area contributed by atoms with Crippen LogP contribution in [0.25, 0.3) is 0 Å². The van der Waals surface area contributed by atoms with Crippen LogP contribution in [-0.4, -0.2) is 6.04 Å². The highest BCUT2D eigenvalue weighted by Crippen LogP contribution is 2.26. The van der Waals surface area contributed by atoms with Crippen molar-refractivity contribution in [3.05, 3.63) is 24.3 Å². The standard InChI is InChI=1S/C13H20N2/c1-10-4-2-3-5-13(10)15-12-8-6-11(14)7-9-12/h6-10,13,15H,2-5,14H2,1H3/t10-,13-/m1/s1. The van der Waals surface area contributed by atoms with Crippen LogP contribution in [0.3, 0.4) is 0 Å². The first kappa shape index (κ1) is 10.3. The van der Waals surface area contributed by atoms with Gasteiger partial charge in [0.25, 0.3) is 0 Å². The zero-order chi connectivity index (χ0) is 10.7. The summed E-state index contributed by atoms with van der Waals surface area (Å²) in [6.07, 6.45) is 5.40. The Morgan fingerprint density at radius 1 is 1.13 bits per heavy atom. The summed E-state index contributed by atoms with van der Waals surface area (Å²) in [5.74, 6) is 0.788. The van der Waals surface area contributed by atoms with Gasteiger partial charge in [0.15, 0.2) is 0 Å². The lowest BCUT2D eigenvalue weighted by molar-refractivity contribution is 0.349. The first-order valence-electron chi connectivity index (χ1n) is 5.88. The van der Waals surface area contributed by atoms with Crippen LogP contribution in [0.15, 0.2) is 24.3 Å². The molecule has 1 saturated carbocycles. The molecule has 0 heterocycles. The smallest absolute Gasteiger partial charge is 0.0343 e. The van der Waals surface area contributed by atoms with Crippen LogP contribution in [0.4, 0.5) is 11.4 Å². The molecule has 0 spiro atoms. The SMILES string of the molecule is C[C@@H]1CCCC[C@H]1Nc1ccc(N)cc1. The van der Waals surface area contributed by atoms with Crippen LogP contribution < -0.4 is 11.1 Å². The largest absolute Gasteiger partial charge is 0.399 e. The van der Waals surface area contributed by atoms with Gasteiger partial charge < -0.3 is 11.1 Å². The molecule has 2 rings (SSSR count). The Bertz CT molecular complexity index is 305. The van der Waals surface area contributed by atoms with Gasteiger partial charge in [-0.05, 0) is 43.0 Å². The highest BCUT2D eigenvalue weighted by molar-refractivity contribution is 5.51. The summed E-state index contributed by atoms with van der Waals surface area (Å²) in [4.78, 5) is 0. The highest BCUT2D eigenvalue weighted by atomic mass is 14.9. The van der Waals surface area contributed by atoms with Crippen LogP contribution in [0.1, 0.15) is 32.6 Å². The molecule has 15 heavy (non-hydrogen) atoms. The number of nitrogens with two attached hydrogens (primary N) is 1. The van der Waals surface area contributed by atoms with E-state index in [1.165, 1.54) is 31.4 Å². The number of nitrogen functional groups attached to an aromatic ring is 1. The maximum atomic E-state index is 5.66. The summed E-state index contributed by atoms with van der Waals surface area (Å²) in [6.45, 7) is 2.34. The maximum Gasteiger partial charge on any atom is 0.0343 e. The third kappa shape index (κ3) is 2.65. The van der Waals surface area contributed by atoms with Gasteiger partial charge in [-0.25, -0.2) is 0 Å². The van der Waals surface area contributed by atoms with Crippen molar-refractivity contribution >= 4 is 11.4 Å². The van der Waals surface area contributed by atoms with Crippen molar-refractivity contribution in [3.8, 4) is 0 Å². The zero-order valence-corrected chi connectivity index (χ0v) is 9.37. The minimum atomic E-state index is 0.641. The normalized spacial score (nSPS) is 26.2. The fraction of sp³-hybridized carbons (Fsp3) is 0.538. The third-order valence-electron chi connectivity index (χ3n) is 3.37. The van der Waals surface area contributed by atoms with Gasteiger partial charge in [-0.15, -0.1) is 0 Å². The number of benzene rings is 1. The second kappa shape index (κ2) is 4.56. The fourth-order valence-electron chi connectivity index (χ4n) is 2.32. The van der Waals surface area contributed by atoms with Gasteiger partial charge in [-0.3, -0.25) is 0 Å². The average Bonchev–Trinajstić information content (AvgIpc) is 2.25. The number of hydrogen-bond donors (Lipinski definition) is 2. The van der Waals surface area contributed by atoms with Gasteiger partial charge in [0.1, 0.15) is 0 Å². The molecule has 82 valence electrons. The molecule has 1 aromatic rings. The molecular weight excluding hydrogens is 184 g/mol. The lowest BCUT2D eigenvalue weighted by atomic mass is 9.86. The minimum absolute atomic E-state index is 0.641. The Kier molecular flexibility index (Phi) is 3.14. The van der Waals surface area contributed by atoms with Gasteiger partial charge in [0.05, 0.1) is 0 Å². The summed E-state index contributed by atoms with van der Waals surface area (Å²) in [6, 6.07) is 8.68. The van der Waals surface area contributed by atoms with Crippen molar-refractivity contribution < 1.29 is 0 Å². The van der Waals surface area contributed by atoms with Crippen molar-refractivity contribution in [1.82, 2.24) is 0 Å². The van der Waals surface area contributed by atoms with Gasteiger partial charge in [0.2, 0.25) is 0 Å². The van der Waals surface area contributed by atoms with E-state index in [1.807, 2.05) is 12.1 Å². The van der Waals surface area contributed by atoms with Crippen LogP contribution in [-0.2, 0) is 0 Å². The zero-order valence-electron chi connectivity index (χ0n) is 9.37. The molecule has 0 saturated heterocycles. The van der Waals surface area contributed by atoms with Gasteiger partial charge in [-0.2, -0.15) is 0 Å². The van der Waals surface area contributed by atoms with E-state index in [1.54, 1.807) is 0 Å². The topological polar surface area (TPSA) is 38.0 Å². The van der Waals surface area contributed by atoms with Crippen molar-refractivity contribution in [2.24, 2.45) is 5.92 Å². The minimum Gasteiger partial charge on any atom is -0.399 e. The molecule has 1 aliphatic rings. The molecule has 1 aliphatic carbocycles. The summed E-state index contributed by atoms with van der Waals surface area (Å²) in [5, 5.41) is 3.60. The Morgan fingerprint density at radius 3 is 2.47 bits per heavy atom. The van der Waals surface area contributed by atoms with Crippen LogP contribution in [0.2, 0.25) is 0 Å². The number of hydrogen-bond acceptors (Lipinski definition) is 2. The molecular formula is C13H20N2. The van der Waals surface area contributed by atoms with E-state index in [0.717, 1.165) is 11.6 Å². The molecule has 0 unspecified atom stereocenters. The molecule has 2 heteroatoms. The van der Waals surface area contributed by atoms with E-state index in [9.17, 15) is 0 Å². The third-order valence-corrected chi connectivity index (χ3v) is 3.37. The van der Waals surface area contributed by atoms with Crippen LogP contribution in [0.5, 0.6) is 0 Å². The van der Waals surface area contributed by atoms with E-state index in [2.05, 4.69) is 24.4 Å². The van der Waals surface area contributed by atoms with Gasteiger partial charge in [-0.1, -0.05) is 19.8 Å².